The van der Waals surface area contributed by atoms with Crippen molar-refractivity contribution in [3.8, 4) is 11.4 Å². The summed E-state index contributed by atoms with van der Waals surface area (Å²) in [5, 5.41) is 3.78. The number of aromatic nitrogens is 5. The maximum Gasteiger partial charge on any atom is 0.183 e. The van der Waals surface area contributed by atoms with Crippen molar-refractivity contribution in [3.63, 3.8) is 0 Å². The number of nitrogens with one attached hydrogen (secondary N) is 2. The van der Waals surface area contributed by atoms with Gasteiger partial charge in [-0.3, -0.25) is 0 Å². The second kappa shape index (κ2) is 5.66. The summed E-state index contributed by atoms with van der Waals surface area (Å²) < 4.78 is 0. The lowest BCUT2D eigenvalue weighted by atomic mass is 10.2. The van der Waals surface area contributed by atoms with Gasteiger partial charge in [-0.2, -0.15) is 0 Å². The summed E-state index contributed by atoms with van der Waals surface area (Å²) in [6.07, 6.45) is 3.17. The van der Waals surface area contributed by atoms with Gasteiger partial charge in [-0.15, -0.1) is 0 Å². The van der Waals surface area contributed by atoms with E-state index in [1.807, 2.05) is 42.5 Å². The van der Waals surface area contributed by atoms with Crippen LogP contribution in [0.1, 0.15) is 0 Å². The van der Waals surface area contributed by atoms with Crippen LogP contribution in [0.2, 0.25) is 5.02 Å². The molecule has 2 N–H and O–H groups in total. The van der Waals surface area contributed by atoms with Gasteiger partial charge in [0.2, 0.25) is 0 Å². The molecule has 0 fully saturated rings. The Labute approximate surface area is 136 Å². The second-order valence-electron chi connectivity index (χ2n) is 4.83. The molecule has 0 unspecified atom stereocenters. The van der Waals surface area contributed by atoms with E-state index in [-0.39, 0.29) is 0 Å². The molecule has 1 aromatic carbocycles. The first-order valence-electron chi connectivity index (χ1n) is 6.95. The molecule has 3 heterocycles. The maximum atomic E-state index is 6.23. The first kappa shape index (κ1) is 13.7. The van der Waals surface area contributed by atoms with Crippen molar-refractivity contribution >= 4 is 34.4 Å². The van der Waals surface area contributed by atoms with Gasteiger partial charge in [0.25, 0.3) is 0 Å². The number of H-pyrrole nitrogens is 1. The van der Waals surface area contributed by atoms with Crippen molar-refractivity contribution in [2.45, 2.75) is 0 Å². The molecule has 0 atom stereocenters. The Bertz CT molecular complexity index is 967. The molecule has 23 heavy (non-hydrogen) atoms. The van der Waals surface area contributed by atoms with Crippen LogP contribution in [0.15, 0.2) is 55.0 Å². The van der Waals surface area contributed by atoms with E-state index in [4.69, 9.17) is 11.6 Å². The molecule has 0 aliphatic rings. The highest BCUT2D eigenvalue weighted by Gasteiger charge is 2.13. The Morgan fingerprint density at radius 1 is 0.957 bits per heavy atom. The lowest BCUT2D eigenvalue weighted by Crippen LogP contribution is -1.97. The van der Waals surface area contributed by atoms with Crippen LogP contribution in [0.3, 0.4) is 0 Å². The van der Waals surface area contributed by atoms with Crippen molar-refractivity contribution in [1.29, 1.82) is 0 Å². The molecule has 112 valence electrons. The van der Waals surface area contributed by atoms with Gasteiger partial charge in [-0.1, -0.05) is 29.8 Å². The van der Waals surface area contributed by atoms with Crippen LogP contribution < -0.4 is 5.32 Å². The Balaban J connectivity index is 1.80. The number of anilines is 2. The first-order valence-corrected chi connectivity index (χ1v) is 7.33. The molecule has 4 rings (SSSR count). The Kier molecular flexibility index (Phi) is 3.36. The molecular formula is C16H11ClN6. The van der Waals surface area contributed by atoms with Gasteiger partial charge < -0.3 is 10.3 Å². The third-order valence-corrected chi connectivity index (χ3v) is 3.66. The van der Waals surface area contributed by atoms with Crippen LogP contribution in [0.4, 0.5) is 11.6 Å². The Morgan fingerprint density at radius 2 is 1.83 bits per heavy atom. The number of imidazole rings is 1. The van der Waals surface area contributed by atoms with E-state index in [2.05, 4.69) is 30.2 Å². The first-order chi connectivity index (χ1) is 11.3. The van der Waals surface area contributed by atoms with Gasteiger partial charge >= 0.3 is 0 Å². The summed E-state index contributed by atoms with van der Waals surface area (Å²) in [7, 11) is 0. The molecule has 0 aliphatic carbocycles. The highest BCUT2D eigenvalue weighted by molar-refractivity contribution is 6.33. The van der Waals surface area contributed by atoms with E-state index >= 15 is 0 Å². The number of benzene rings is 1. The topological polar surface area (TPSA) is 79.4 Å². The van der Waals surface area contributed by atoms with Crippen LogP contribution in [-0.2, 0) is 0 Å². The molecule has 6 nitrogen and oxygen atoms in total. The predicted octanol–water partition coefficient (Wildman–Crippen LogP) is 3.81. The molecule has 7 heteroatoms. The van der Waals surface area contributed by atoms with E-state index in [0.29, 0.717) is 33.6 Å². The number of halogens is 1. The third kappa shape index (κ3) is 2.60. The van der Waals surface area contributed by atoms with Crippen LogP contribution in [0.25, 0.3) is 22.6 Å². The number of rotatable bonds is 3. The summed E-state index contributed by atoms with van der Waals surface area (Å²) in [6.45, 7) is 0. The predicted molar refractivity (Wildman–Crippen MR) is 89.6 cm³/mol. The number of hydrogen-bond donors (Lipinski definition) is 2. The molecule has 0 bridgehead atoms. The lowest BCUT2D eigenvalue weighted by molar-refractivity contribution is 1.19. The minimum Gasteiger partial charge on any atom is -0.333 e. The third-order valence-electron chi connectivity index (χ3n) is 3.33. The number of hydrogen-bond acceptors (Lipinski definition) is 5. The summed E-state index contributed by atoms with van der Waals surface area (Å²) in [5.74, 6) is 1.95. The standard InChI is InChI=1S/C16H11ClN6/c17-11-6-2-1-5-10(11)14-22-13-15(19-9-20-16(13)23-14)21-12-7-3-4-8-18-12/h1-9H,(H2,18,19,20,21,22,23). The molecule has 0 radical (unpaired) electrons. The van der Waals surface area contributed by atoms with Crippen molar-refractivity contribution in [1.82, 2.24) is 24.9 Å². The zero-order valence-electron chi connectivity index (χ0n) is 11.9. The highest BCUT2D eigenvalue weighted by atomic mass is 35.5. The van der Waals surface area contributed by atoms with Crippen molar-refractivity contribution in [2.24, 2.45) is 0 Å². The van der Waals surface area contributed by atoms with Crippen LogP contribution >= 0.6 is 11.6 Å². The van der Waals surface area contributed by atoms with Crippen LogP contribution in [0.5, 0.6) is 0 Å². The monoisotopic (exact) mass is 322 g/mol. The number of nitrogens with zero attached hydrogens (tertiary/aromatic N) is 4. The van der Waals surface area contributed by atoms with E-state index < -0.39 is 0 Å². The molecule has 0 spiro atoms. The second-order valence-corrected chi connectivity index (χ2v) is 5.23. The van der Waals surface area contributed by atoms with Gasteiger partial charge in [0.15, 0.2) is 11.5 Å². The normalized spacial score (nSPS) is 10.8. The fraction of sp³-hybridized carbons (Fsp3) is 0. The summed E-state index contributed by atoms with van der Waals surface area (Å²) in [5.41, 5.74) is 2.08. The summed E-state index contributed by atoms with van der Waals surface area (Å²) >= 11 is 6.23. The van der Waals surface area contributed by atoms with E-state index in [1.54, 1.807) is 6.20 Å². The van der Waals surface area contributed by atoms with Crippen molar-refractivity contribution in [2.75, 3.05) is 5.32 Å². The summed E-state index contributed by atoms with van der Waals surface area (Å²) in [4.78, 5) is 20.4. The minimum atomic E-state index is 0.563. The van der Waals surface area contributed by atoms with Gasteiger partial charge in [0.1, 0.15) is 23.5 Å². The molecule has 0 amide bonds. The van der Waals surface area contributed by atoms with E-state index in [9.17, 15) is 0 Å². The van der Waals surface area contributed by atoms with Crippen molar-refractivity contribution in [3.05, 3.63) is 60.0 Å². The highest BCUT2D eigenvalue weighted by Crippen LogP contribution is 2.28. The quantitative estimate of drug-likeness (QED) is 0.599. The van der Waals surface area contributed by atoms with Gasteiger partial charge in [-0.05, 0) is 24.3 Å². The van der Waals surface area contributed by atoms with E-state index in [1.165, 1.54) is 6.33 Å². The molecule has 4 aromatic rings. The zero-order valence-corrected chi connectivity index (χ0v) is 12.6. The number of aromatic amines is 1. The molecule has 0 aliphatic heterocycles. The molecule has 0 saturated carbocycles. The maximum absolute atomic E-state index is 6.23. The average molecular weight is 323 g/mol. The molecular weight excluding hydrogens is 312 g/mol. The SMILES string of the molecule is Clc1ccccc1-c1nc2ncnc(Nc3ccccn3)c2[nH]1. The van der Waals surface area contributed by atoms with Crippen LogP contribution in [0, 0.1) is 0 Å². The minimum absolute atomic E-state index is 0.563. The summed E-state index contributed by atoms with van der Waals surface area (Å²) in [6, 6.07) is 13.1. The largest absolute Gasteiger partial charge is 0.333 e. The molecule has 3 aromatic heterocycles. The molecule has 0 saturated heterocycles. The van der Waals surface area contributed by atoms with Gasteiger partial charge in [-0.25, -0.2) is 19.9 Å². The number of pyridine rings is 1. The Hall–Kier alpha value is -2.99. The fourth-order valence-electron chi connectivity index (χ4n) is 2.26. The van der Waals surface area contributed by atoms with Crippen molar-refractivity contribution < 1.29 is 0 Å². The van der Waals surface area contributed by atoms with Crippen LogP contribution in [-0.4, -0.2) is 24.9 Å². The lowest BCUT2D eigenvalue weighted by Gasteiger charge is -2.04. The Morgan fingerprint density at radius 3 is 2.65 bits per heavy atom. The van der Waals surface area contributed by atoms with Gasteiger partial charge in [0, 0.05) is 11.8 Å². The number of fused-ring (bicyclic) bond motifs is 1. The average Bonchev–Trinajstić information content (AvgIpc) is 3.01. The zero-order chi connectivity index (χ0) is 15.6. The van der Waals surface area contributed by atoms with Gasteiger partial charge in [0.05, 0.1) is 5.02 Å². The smallest absolute Gasteiger partial charge is 0.183 e. The van der Waals surface area contributed by atoms with E-state index in [0.717, 1.165) is 5.56 Å². The fourth-order valence-corrected chi connectivity index (χ4v) is 2.49.